The summed E-state index contributed by atoms with van der Waals surface area (Å²) < 4.78 is 0. The number of nitrogens with zero attached hydrogens (tertiary/aromatic N) is 2. The Morgan fingerprint density at radius 2 is 2.20 bits per heavy atom. The minimum Gasteiger partial charge on any atom is -0.363 e. The number of thioether (sulfide) groups is 1. The third kappa shape index (κ3) is 5.24. The molecule has 2 rings (SSSR count). The van der Waals surface area contributed by atoms with E-state index in [0.717, 1.165) is 44.4 Å². The number of rotatable bonds is 6. The molecule has 0 unspecified atom stereocenters. The maximum atomic E-state index is 5.47. The number of thiophene rings is 1. The van der Waals surface area contributed by atoms with Gasteiger partial charge in [0.1, 0.15) is 0 Å². The Kier molecular flexibility index (Phi) is 7.13. The molecule has 0 radical (unpaired) electrons. The minimum absolute atomic E-state index is 0.932. The van der Waals surface area contributed by atoms with E-state index in [1.165, 1.54) is 17.7 Å². The van der Waals surface area contributed by atoms with Gasteiger partial charge in [-0.15, -0.1) is 0 Å². The second-order valence-corrected chi connectivity index (χ2v) is 7.13. The first-order valence-corrected chi connectivity index (χ1v) is 9.79. The van der Waals surface area contributed by atoms with E-state index in [1.807, 2.05) is 11.8 Å². The molecule has 0 aromatic carbocycles. The van der Waals surface area contributed by atoms with Gasteiger partial charge in [0.25, 0.3) is 0 Å². The molecule has 0 saturated carbocycles. The summed E-state index contributed by atoms with van der Waals surface area (Å²) >= 11 is 9.13. The normalized spacial score (nSPS) is 16.4. The lowest BCUT2D eigenvalue weighted by Gasteiger charge is -2.36. The van der Waals surface area contributed by atoms with Crippen LogP contribution in [0.2, 0.25) is 0 Å². The van der Waals surface area contributed by atoms with Crippen molar-refractivity contribution in [2.75, 3.05) is 44.7 Å². The number of thiocarbonyl (C=S) groups is 1. The molecule has 3 nitrogen and oxygen atoms in total. The molecule has 0 spiro atoms. The Labute approximate surface area is 135 Å². The standard InChI is InChI=1S/C14H23N3S3/c1-19-9-2-4-15-14(18)17-7-5-16(6-8-17)11-13-3-10-20-12-13/h3,10,12H,2,4-9,11H2,1H3,(H,15,18). The highest BCUT2D eigenvalue weighted by molar-refractivity contribution is 7.98. The Morgan fingerprint density at radius 1 is 1.40 bits per heavy atom. The second-order valence-electron chi connectivity index (χ2n) is 4.97. The molecule has 112 valence electrons. The van der Waals surface area contributed by atoms with Gasteiger partial charge in [-0.3, -0.25) is 4.90 Å². The fourth-order valence-electron chi connectivity index (χ4n) is 2.27. The Morgan fingerprint density at radius 3 is 2.85 bits per heavy atom. The summed E-state index contributed by atoms with van der Waals surface area (Å²) in [6, 6.07) is 2.22. The first-order valence-electron chi connectivity index (χ1n) is 7.04. The van der Waals surface area contributed by atoms with Gasteiger partial charge in [0, 0.05) is 39.3 Å². The van der Waals surface area contributed by atoms with Gasteiger partial charge >= 0.3 is 0 Å². The highest BCUT2D eigenvalue weighted by atomic mass is 32.2. The lowest BCUT2D eigenvalue weighted by Crippen LogP contribution is -2.51. The van der Waals surface area contributed by atoms with Crippen LogP contribution in [0.25, 0.3) is 0 Å². The van der Waals surface area contributed by atoms with E-state index in [1.54, 1.807) is 11.3 Å². The van der Waals surface area contributed by atoms with Crippen LogP contribution in [0.15, 0.2) is 16.8 Å². The van der Waals surface area contributed by atoms with E-state index in [0.29, 0.717) is 0 Å². The summed E-state index contributed by atoms with van der Waals surface area (Å²) in [6.45, 7) is 6.35. The largest absolute Gasteiger partial charge is 0.363 e. The molecule has 1 fully saturated rings. The van der Waals surface area contributed by atoms with Crippen LogP contribution in [0.5, 0.6) is 0 Å². The minimum atomic E-state index is 0.932. The molecule has 1 aromatic rings. The Bertz CT molecular complexity index is 386. The van der Waals surface area contributed by atoms with Crippen molar-refractivity contribution in [3.8, 4) is 0 Å². The highest BCUT2D eigenvalue weighted by Gasteiger charge is 2.18. The van der Waals surface area contributed by atoms with Crippen molar-refractivity contribution in [1.82, 2.24) is 15.1 Å². The van der Waals surface area contributed by atoms with Crippen molar-refractivity contribution in [1.29, 1.82) is 0 Å². The van der Waals surface area contributed by atoms with Crippen LogP contribution < -0.4 is 5.32 Å². The van der Waals surface area contributed by atoms with Crippen molar-refractivity contribution in [3.63, 3.8) is 0 Å². The van der Waals surface area contributed by atoms with Gasteiger partial charge in [0.2, 0.25) is 0 Å². The molecule has 1 aliphatic heterocycles. The molecule has 0 amide bonds. The van der Waals surface area contributed by atoms with Crippen molar-refractivity contribution < 1.29 is 0 Å². The molecule has 1 saturated heterocycles. The lowest BCUT2D eigenvalue weighted by molar-refractivity contribution is 0.175. The first kappa shape index (κ1) is 16.1. The van der Waals surface area contributed by atoms with Crippen molar-refractivity contribution in [3.05, 3.63) is 22.4 Å². The molecule has 0 atom stereocenters. The highest BCUT2D eigenvalue weighted by Crippen LogP contribution is 2.11. The van der Waals surface area contributed by atoms with Crippen LogP contribution in [-0.2, 0) is 6.54 Å². The van der Waals surface area contributed by atoms with Crippen LogP contribution in [0.1, 0.15) is 12.0 Å². The van der Waals surface area contributed by atoms with Gasteiger partial charge in [-0.05, 0) is 53.0 Å². The molecule has 1 aromatic heterocycles. The summed E-state index contributed by atoms with van der Waals surface area (Å²) in [5.74, 6) is 1.20. The van der Waals surface area contributed by atoms with E-state index in [2.05, 4.69) is 38.2 Å². The predicted octanol–water partition coefficient (Wildman–Crippen LogP) is 2.49. The van der Waals surface area contributed by atoms with Crippen molar-refractivity contribution >= 4 is 40.4 Å². The van der Waals surface area contributed by atoms with E-state index >= 15 is 0 Å². The summed E-state index contributed by atoms with van der Waals surface area (Å²) in [4.78, 5) is 4.81. The van der Waals surface area contributed by atoms with Gasteiger partial charge in [0.15, 0.2) is 5.11 Å². The van der Waals surface area contributed by atoms with E-state index in [4.69, 9.17) is 12.2 Å². The van der Waals surface area contributed by atoms with Crippen molar-refractivity contribution in [2.24, 2.45) is 0 Å². The van der Waals surface area contributed by atoms with Crippen molar-refractivity contribution in [2.45, 2.75) is 13.0 Å². The fourth-order valence-corrected chi connectivity index (χ4v) is 3.65. The third-order valence-electron chi connectivity index (χ3n) is 3.45. The Balaban J connectivity index is 1.64. The zero-order valence-corrected chi connectivity index (χ0v) is 14.5. The SMILES string of the molecule is CSCCCNC(=S)N1CCN(Cc2ccsc2)CC1. The summed E-state index contributed by atoms with van der Waals surface area (Å²) in [6.07, 6.45) is 3.32. The average molecular weight is 330 g/mol. The summed E-state index contributed by atoms with van der Waals surface area (Å²) in [7, 11) is 0. The molecule has 6 heteroatoms. The van der Waals surface area contributed by atoms with E-state index in [9.17, 15) is 0 Å². The zero-order valence-electron chi connectivity index (χ0n) is 12.0. The predicted molar refractivity (Wildman–Crippen MR) is 94.8 cm³/mol. The quantitative estimate of drug-likeness (QED) is 0.636. The molecular weight excluding hydrogens is 306 g/mol. The topological polar surface area (TPSA) is 18.5 Å². The van der Waals surface area contributed by atoms with Gasteiger partial charge < -0.3 is 10.2 Å². The molecule has 1 N–H and O–H groups in total. The molecule has 20 heavy (non-hydrogen) atoms. The summed E-state index contributed by atoms with van der Waals surface area (Å²) in [5.41, 5.74) is 1.43. The first-order chi connectivity index (χ1) is 9.79. The number of hydrogen-bond donors (Lipinski definition) is 1. The smallest absolute Gasteiger partial charge is 0.169 e. The zero-order chi connectivity index (χ0) is 14.2. The van der Waals surface area contributed by atoms with Crippen LogP contribution >= 0.6 is 35.3 Å². The van der Waals surface area contributed by atoms with Crippen LogP contribution in [0, 0.1) is 0 Å². The van der Waals surface area contributed by atoms with E-state index < -0.39 is 0 Å². The van der Waals surface area contributed by atoms with Gasteiger partial charge in [-0.1, -0.05) is 0 Å². The van der Waals surface area contributed by atoms with Crippen LogP contribution in [-0.4, -0.2) is 59.6 Å². The van der Waals surface area contributed by atoms with Crippen LogP contribution in [0.4, 0.5) is 0 Å². The Hall–Kier alpha value is -0.300. The monoisotopic (exact) mass is 329 g/mol. The summed E-state index contributed by atoms with van der Waals surface area (Å²) in [5, 5.41) is 8.70. The number of piperazine rings is 1. The number of hydrogen-bond acceptors (Lipinski definition) is 4. The molecular formula is C14H23N3S3. The molecule has 1 aliphatic rings. The number of nitrogens with one attached hydrogen (secondary N) is 1. The van der Waals surface area contributed by atoms with Gasteiger partial charge in [-0.25, -0.2) is 0 Å². The molecule has 2 heterocycles. The average Bonchev–Trinajstić information content (AvgIpc) is 2.97. The molecule has 0 bridgehead atoms. The van der Waals surface area contributed by atoms with Crippen LogP contribution in [0.3, 0.4) is 0 Å². The maximum absolute atomic E-state index is 5.47. The fraction of sp³-hybridized carbons (Fsp3) is 0.643. The third-order valence-corrected chi connectivity index (χ3v) is 5.28. The maximum Gasteiger partial charge on any atom is 0.169 e. The van der Waals surface area contributed by atoms with Gasteiger partial charge in [0.05, 0.1) is 0 Å². The lowest BCUT2D eigenvalue weighted by atomic mass is 10.2. The molecule has 0 aliphatic carbocycles. The van der Waals surface area contributed by atoms with E-state index in [-0.39, 0.29) is 0 Å². The van der Waals surface area contributed by atoms with Gasteiger partial charge in [-0.2, -0.15) is 23.1 Å². The second kappa shape index (κ2) is 8.87.